The number of esters is 1. The second kappa shape index (κ2) is 5.16. The molecule has 0 aromatic heterocycles. The highest BCUT2D eigenvalue weighted by atomic mass is 16.5. The summed E-state index contributed by atoms with van der Waals surface area (Å²) in [4.78, 5) is 12.3. The van der Waals surface area contributed by atoms with Crippen molar-refractivity contribution in [1.82, 2.24) is 5.32 Å². The molecule has 0 aliphatic heterocycles. The highest BCUT2D eigenvalue weighted by Gasteiger charge is 2.50. The van der Waals surface area contributed by atoms with Crippen LogP contribution in [0.2, 0.25) is 0 Å². The Balaban J connectivity index is 1.65. The maximum absolute atomic E-state index is 12.3. The van der Waals surface area contributed by atoms with E-state index in [0.717, 1.165) is 17.8 Å². The van der Waals surface area contributed by atoms with E-state index in [4.69, 9.17) is 4.74 Å². The van der Waals surface area contributed by atoms with Gasteiger partial charge in [-0.2, -0.15) is 0 Å². The van der Waals surface area contributed by atoms with Gasteiger partial charge in [-0.1, -0.05) is 54.6 Å². The van der Waals surface area contributed by atoms with Gasteiger partial charge < -0.3 is 10.1 Å². The molecule has 1 N–H and O–H groups in total. The van der Waals surface area contributed by atoms with Crippen LogP contribution in [-0.4, -0.2) is 13.1 Å². The summed E-state index contributed by atoms with van der Waals surface area (Å²) in [5.41, 5.74) is 3.11. The van der Waals surface area contributed by atoms with Gasteiger partial charge in [-0.15, -0.1) is 0 Å². The van der Waals surface area contributed by atoms with Crippen molar-refractivity contribution in [1.29, 1.82) is 0 Å². The first-order valence-corrected chi connectivity index (χ1v) is 7.76. The Morgan fingerprint density at radius 1 is 1.14 bits per heavy atom. The predicted molar refractivity (Wildman–Crippen MR) is 84.6 cm³/mol. The van der Waals surface area contributed by atoms with Gasteiger partial charge in [0.1, 0.15) is 0 Å². The molecule has 0 saturated carbocycles. The van der Waals surface area contributed by atoms with Gasteiger partial charge in [-0.3, -0.25) is 0 Å². The molecule has 0 radical (unpaired) electrons. The van der Waals surface area contributed by atoms with Gasteiger partial charge in [0.2, 0.25) is 0 Å². The van der Waals surface area contributed by atoms with E-state index >= 15 is 0 Å². The maximum Gasteiger partial charge on any atom is 0.336 e. The van der Waals surface area contributed by atoms with Gasteiger partial charge in [0, 0.05) is 30.0 Å². The van der Waals surface area contributed by atoms with Crippen LogP contribution in [0.4, 0.5) is 0 Å². The zero-order chi connectivity index (χ0) is 15.1. The molecule has 0 amide bonds. The van der Waals surface area contributed by atoms with Gasteiger partial charge in [-0.25, -0.2) is 4.79 Å². The molecule has 1 aromatic carbocycles. The third-order valence-corrected chi connectivity index (χ3v) is 5.03. The van der Waals surface area contributed by atoms with E-state index in [9.17, 15) is 4.79 Å². The Kier molecular flexibility index (Phi) is 3.14. The number of allylic oxidation sites excluding steroid dienone is 5. The molecule has 0 saturated heterocycles. The minimum atomic E-state index is -0.200. The standard InChI is InChI=1S/C19H19NO2/c1-22-19(21)17-15-10-8-13-7-9-14(15)16(13)18(17)20-11-12-5-3-2-4-6-12/h2-10,13-16,20H,11H2,1H3. The zero-order valence-corrected chi connectivity index (χ0v) is 12.5. The van der Waals surface area contributed by atoms with Gasteiger partial charge in [0.05, 0.1) is 12.7 Å². The lowest BCUT2D eigenvalue weighted by Crippen LogP contribution is -2.25. The SMILES string of the molecule is COC(=O)C1=C(NCc2ccccc2)C2C3C=CC1C2C=C3. The van der Waals surface area contributed by atoms with Crippen LogP contribution in [-0.2, 0) is 16.1 Å². The summed E-state index contributed by atoms with van der Waals surface area (Å²) >= 11 is 0. The Hall–Kier alpha value is -2.29. The lowest BCUT2D eigenvalue weighted by molar-refractivity contribution is -0.136. The lowest BCUT2D eigenvalue weighted by Gasteiger charge is -2.25. The maximum atomic E-state index is 12.3. The summed E-state index contributed by atoms with van der Waals surface area (Å²) in [6.45, 7) is 0.735. The topological polar surface area (TPSA) is 38.3 Å². The minimum Gasteiger partial charge on any atom is -0.466 e. The summed E-state index contributed by atoms with van der Waals surface area (Å²) in [6.07, 6.45) is 8.94. The average molecular weight is 293 g/mol. The van der Waals surface area contributed by atoms with Crippen molar-refractivity contribution in [3.8, 4) is 0 Å². The second-order valence-electron chi connectivity index (χ2n) is 6.13. The van der Waals surface area contributed by atoms with E-state index in [1.165, 1.54) is 12.7 Å². The number of carbonyl (C=O) groups is 1. The normalized spacial score (nSPS) is 30.8. The third-order valence-electron chi connectivity index (χ3n) is 5.03. The number of hydrogen-bond acceptors (Lipinski definition) is 3. The van der Waals surface area contributed by atoms with Gasteiger partial charge >= 0.3 is 5.97 Å². The number of nitrogens with one attached hydrogen (secondary N) is 1. The fourth-order valence-electron chi connectivity index (χ4n) is 4.05. The molecule has 4 rings (SSSR count). The lowest BCUT2D eigenvalue weighted by atomic mass is 9.80. The van der Waals surface area contributed by atoms with Crippen molar-refractivity contribution >= 4 is 5.97 Å². The van der Waals surface area contributed by atoms with Crippen molar-refractivity contribution in [2.75, 3.05) is 7.11 Å². The van der Waals surface area contributed by atoms with Crippen LogP contribution in [0.5, 0.6) is 0 Å². The summed E-state index contributed by atoms with van der Waals surface area (Å²) < 4.78 is 5.04. The van der Waals surface area contributed by atoms with Crippen LogP contribution in [0.3, 0.4) is 0 Å². The molecule has 4 atom stereocenters. The molecule has 0 spiro atoms. The van der Waals surface area contributed by atoms with E-state index in [1.54, 1.807) is 0 Å². The van der Waals surface area contributed by atoms with Gasteiger partial charge in [0.25, 0.3) is 0 Å². The van der Waals surface area contributed by atoms with Crippen molar-refractivity contribution in [2.45, 2.75) is 6.54 Å². The largest absolute Gasteiger partial charge is 0.466 e. The van der Waals surface area contributed by atoms with Crippen LogP contribution in [0.15, 0.2) is 65.9 Å². The Labute approximate surface area is 130 Å². The first kappa shape index (κ1) is 13.4. The van der Waals surface area contributed by atoms with E-state index in [2.05, 4.69) is 41.8 Å². The molecular formula is C19H19NO2. The molecule has 4 bridgehead atoms. The highest BCUT2D eigenvalue weighted by molar-refractivity contribution is 5.91. The molecular weight excluding hydrogens is 274 g/mol. The highest BCUT2D eigenvalue weighted by Crippen LogP contribution is 2.53. The smallest absolute Gasteiger partial charge is 0.336 e. The molecule has 0 fully saturated rings. The molecule has 3 aliphatic rings. The molecule has 3 heteroatoms. The van der Waals surface area contributed by atoms with Crippen molar-refractivity contribution < 1.29 is 9.53 Å². The van der Waals surface area contributed by atoms with E-state index in [-0.39, 0.29) is 11.9 Å². The van der Waals surface area contributed by atoms with Gasteiger partial charge in [0.15, 0.2) is 0 Å². The van der Waals surface area contributed by atoms with Crippen LogP contribution >= 0.6 is 0 Å². The molecule has 3 aliphatic carbocycles. The number of rotatable bonds is 4. The Morgan fingerprint density at radius 2 is 1.91 bits per heavy atom. The summed E-state index contributed by atoms with van der Waals surface area (Å²) in [5, 5.41) is 3.53. The molecule has 3 nitrogen and oxygen atoms in total. The molecule has 112 valence electrons. The average Bonchev–Trinajstić information content (AvgIpc) is 2.96. The molecule has 4 unspecified atom stereocenters. The zero-order valence-electron chi connectivity index (χ0n) is 12.5. The van der Waals surface area contributed by atoms with E-state index in [1.807, 2.05) is 18.2 Å². The van der Waals surface area contributed by atoms with Crippen LogP contribution in [0, 0.1) is 23.7 Å². The monoisotopic (exact) mass is 293 g/mol. The molecule has 22 heavy (non-hydrogen) atoms. The Bertz CT molecular complexity index is 687. The fraction of sp³-hybridized carbons (Fsp3) is 0.316. The predicted octanol–water partition coefficient (Wildman–Crippen LogP) is 2.82. The fourth-order valence-corrected chi connectivity index (χ4v) is 4.05. The summed E-state index contributed by atoms with van der Waals surface area (Å²) in [5.74, 6) is 1.14. The number of methoxy groups -OCH3 is 1. The van der Waals surface area contributed by atoms with Crippen molar-refractivity contribution in [2.24, 2.45) is 23.7 Å². The summed E-state index contributed by atoms with van der Waals surface area (Å²) in [6, 6.07) is 10.3. The van der Waals surface area contributed by atoms with Crippen molar-refractivity contribution in [3.63, 3.8) is 0 Å². The minimum absolute atomic E-state index is 0.158. The first-order chi connectivity index (χ1) is 10.8. The quantitative estimate of drug-likeness (QED) is 0.685. The van der Waals surface area contributed by atoms with Crippen LogP contribution < -0.4 is 5.32 Å². The number of ether oxygens (including phenoxy) is 1. The number of hydrogen-bond donors (Lipinski definition) is 1. The van der Waals surface area contributed by atoms with Crippen LogP contribution in [0.25, 0.3) is 0 Å². The number of benzene rings is 1. The first-order valence-electron chi connectivity index (χ1n) is 7.76. The molecule has 0 heterocycles. The van der Waals surface area contributed by atoms with E-state index < -0.39 is 0 Å². The van der Waals surface area contributed by atoms with Crippen LogP contribution in [0.1, 0.15) is 5.56 Å². The molecule has 1 aromatic rings. The van der Waals surface area contributed by atoms with E-state index in [0.29, 0.717) is 17.8 Å². The number of carbonyl (C=O) groups excluding carboxylic acids is 1. The van der Waals surface area contributed by atoms with Gasteiger partial charge in [-0.05, 0) is 11.5 Å². The summed E-state index contributed by atoms with van der Waals surface area (Å²) in [7, 11) is 1.46. The third kappa shape index (κ3) is 1.92. The second-order valence-corrected chi connectivity index (χ2v) is 6.13. The van der Waals surface area contributed by atoms with Crippen molar-refractivity contribution in [3.05, 3.63) is 71.5 Å². The Morgan fingerprint density at radius 3 is 2.68 bits per heavy atom.